The molecule has 1 aromatic rings. The summed E-state index contributed by atoms with van der Waals surface area (Å²) in [5.41, 5.74) is 1.12. The van der Waals surface area contributed by atoms with Crippen LogP contribution >= 0.6 is 0 Å². The van der Waals surface area contributed by atoms with Gasteiger partial charge in [-0.3, -0.25) is 0 Å². The minimum atomic E-state index is -5.58. The van der Waals surface area contributed by atoms with Gasteiger partial charge in [0.1, 0.15) is 6.10 Å². The first-order chi connectivity index (χ1) is 9.55. The molecule has 0 aliphatic rings. The largest absolute Gasteiger partial charge is 0.423 e. The van der Waals surface area contributed by atoms with Gasteiger partial charge in [-0.25, -0.2) is 0 Å². The standard InChI is InChI=1S/C13H14F6O2/c1-2-8-3-5-9(6-4-8)10(20)7-21-11(12(14,15)16)13(17,18)19/h3-6,10-11,20H,2,7H2,1H3. The van der Waals surface area contributed by atoms with Gasteiger partial charge in [0.05, 0.1) is 6.61 Å². The fourth-order valence-electron chi connectivity index (χ4n) is 1.63. The Morgan fingerprint density at radius 1 is 1.00 bits per heavy atom. The lowest BCUT2D eigenvalue weighted by atomic mass is 10.1. The molecule has 0 spiro atoms. The number of benzene rings is 1. The van der Waals surface area contributed by atoms with Gasteiger partial charge in [0.2, 0.25) is 6.10 Å². The highest BCUT2D eigenvalue weighted by atomic mass is 19.4. The number of aliphatic hydroxyl groups excluding tert-OH is 1. The van der Waals surface area contributed by atoms with E-state index in [0.29, 0.717) is 0 Å². The number of hydrogen-bond acceptors (Lipinski definition) is 2. The van der Waals surface area contributed by atoms with E-state index in [1.807, 2.05) is 6.92 Å². The molecule has 0 saturated heterocycles. The molecule has 0 radical (unpaired) electrons. The van der Waals surface area contributed by atoms with E-state index in [4.69, 9.17) is 0 Å². The number of aryl methyl sites for hydroxylation is 1. The number of hydrogen-bond donors (Lipinski definition) is 1. The van der Waals surface area contributed by atoms with Crippen LogP contribution < -0.4 is 0 Å². The third-order valence-corrected chi connectivity index (χ3v) is 2.79. The van der Waals surface area contributed by atoms with Crippen molar-refractivity contribution in [1.29, 1.82) is 0 Å². The Balaban J connectivity index is 2.71. The number of rotatable bonds is 5. The lowest BCUT2D eigenvalue weighted by molar-refractivity contribution is -0.324. The molecular weight excluding hydrogens is 302 g/mol. The van der Waals surface area contributed by atoms with E-state index >= 15 is 0 Å². The molecule has 2 nitrogen and oxygen atoms in total. The van der Waals surface area contributed by atoms with Gasteiger partial charge in [0, 0.05) is 0 Å². The highest BCUT2D eigenvalue weighted by Crippen LogP contribution is 2.36. The van der Waals surface area contributed by atoms with Crippen LogP contribution in [0.1, 0.15) is 24.2 Å². The fraction of sp³-hybridized carbons (Fsp3) is 0.538. The van der Waals surface area contributed by atoms with Crippen LogP contribution in [0.2, 0.25) is 0 Å². The molecule has 1 atom stereocenters. The molecule has 0 aliphatic carbocycles. The molecule has 0 aliphatic heterocycles. The number of aliphatic hydroxyl groups is 1. The molecule has 21 heavy (non-hydrogen) atoms. The van der Waals surface area contributed by atoms with E-state index in [1.165, 1.54) is 12.1 Å². The second-order valence-electron chi connectivity index (χ2n) is 4.41. The highest BCUT2D eigenvalue weighted by Gasteiger charge is 2.58. The second-order valence-corrected chi connectivity index (χ2v) is 4.41. The monoisotopic (exact) mass is 316 g/mol. The number of halogens is 6. The molecule has 120 valence electrons. The van der Waals surface area contributed by atoms with Gasteiger partial charge in [-0.15, -0.1) is 0 Å². The molecule has 1 N–H and O–H groups in total. The molecule has 0 saturated carbocycles. The van der Waals surface area contributed by atoms with Crippen LogP contribution in [-0.4, -0.2) is 30.2 Å². The van der Waals surface area contributed by atoms with Crippen molar-refractivity contribution in [2.75, 3.05) is 6.61 Å². The SMILES string of the molecule is CCc1ccc(C(O)COC(C(F)(F)F)C(F)(F)F)cc1. The first-order valence-electron chi connectivity index (χ1n) is 6.07. The second kappa shape index (κ2) is 6.65. The van der Waals surface area contributed by atoms with Crippen LogP contribution in [0.15, 0.2) is 24.3 Å². The van der Waals surface area contributed by atoms with Crippen LogP contribution in [-0.2, 0) is 11.2 Å². The first kappa shape index (κ1) is 17.8. The van der Waals surface area contributed by atoms with E-state index in [1.54, 1.807) is 12.1 Å². The van der Waals surface area contributed by atoms with Gasteiger partial charge >= 0.3 is 12.4 Å². The quantitative estimate of drug-likeness (QED) is 0.838. The van der Waals surface area contributed by atoms with Crippen molar-refractivity contribution < 1.29 is 36.2 Å². The number of alkyl halides is 6. The van der Waals surface area contributed by atoms with Crippen molar-refractivity contribution >= 4 is 0 Å². The predicted octanol–water partition coefficient (Wildman–Crippen LogP) is 3.79. The molecule has 0 bridgehead atoms. The minimum absolute atomic E-state index is 0.190. The zero-order valence-electron chi connectivity index (χ0n) is 11.0. The first-order valence-corrected chi connectivity index (χ1v) is 6.07. The fourth-order valence-corrected chi connectivity index (χ4v) is 1.63. The van der Waals surface area contributed by atoms with Crippen LogP contribution in [0.4, 0.5) is 26.3 Å². The molecule has 0 amide bonds. The maximum atomic E-state index is 12.2. The lowest BCUT2D eigenvalue weighted by Gasteiger charge is -2.24. The Morgan fingerprint density at radius 2 is 1.48 bits per heavy atom. The zero-order chi connectivity index (χ0) is 16.3. The Kier molecular flexibility index (Phi) is 5.63. The summed E-state index contributed by atoms with van der Waals surface area (Å²) < 4.78 is 77.3. The predicted molar refractivity (Wildman–Crippen MR) is 62.6 cm³/mol. The van der Waals surface area contributed by atoms with E-state index in [9.17, 15) is 31.4 Å². The highest BCUT2D eigenvalue weighted by molar-refractivity contribution is 5.24. The summed E-state index contributed by atoms with van der Waals surface area (Å²) in [7, 11) is 0. The van der Waals surface area contributed by atoms with Crippen LogP contribution in [0.5, 0.6) is 0 Å². The smallest absolute Gasteiger partial charge is 0.386 e. The molecule has 1 aromatic carbocycles. The summed E-state index contributed by atoms with van der Waals surface area (Å²) in [6, 6.07) is 6.12. The van der Waals surface area contributed by atoms with Crippen molar-refractivity contribution in [1.82, 2.24) is 0 Å². The van der Waals surface area contributed by atoms with Gasteiger partial charge < -0.3 is 9.84 Å². The maximum absolute atomic E-state index is 12.2. The normalized spacial score (nSPS) is 14.5. The van der Waals surface area contributed by atoms with Crippen molar-refractivity contribution in [3.05, 3.63) is 35.4 Å². The molecule has 1 rings (SSSR count). The molecule has 1 unspecified atom stereocenters. The van der Waals surface area contributed by atoms with Crippen LogP contribution in [0, 0.1) is 0 Å². The molecule has 0 heterocycles. The van der Waals surface area contributed by atoms with Crippen molar-refractivity contribution in [3.63, 3.8) is 0 Å². The Hall–Kier alpha value is -1.28. The van der Waals surface area contributed by atoms with E-state index in [2.05, 4.69) is 4.74 Å². The van der Waals surface area contributed by atoms with Crippen molar-refractivity contribution in [2.45, 2.75) is 37.9 Å². The van der Waals surface area contributed by atoms with Crippen molar-refractivity contribution in [3.8, 4) is 0 Å². The summed E-state index contributed by atoms with van der Waals surface area (Å²) in [6.45, 7) is 0.779. The van der Waals surface area contributed by atoms with Crippen molar-refractivity contribution in [2.24, 2.45) is 0 Å². The summed E-state index contributed by atoms with van der Waals surface area (Å²) in [4.78, 5) is 0. The molecule has 8 heteroatoms. The Bertz CT molecular complexity index is 423. The minimum Gasteiger partial charge on any atom is -0.386 e. The molecular formula is C13H14F6O2. The van der Waals surface area contributed by atoms with Gasteiger partial charge in [-0.05, 0) is 17.5 Å². The van der Waals surface area contributed by atoms with Gasteiger partial charge in [0.15, 0.2) is 0 Å². The van der Waals surface area contributed by atoms with E-state index in [0.717, 1.165) is 12.0 Å². The Labute approximate surface area is 117 Å². The maximum Gasteiger partial charge on any atom is 0.423 e. The van der Waals surface area contributed by atoms with Crippen LogP contribution in [0.3, 0.4) is 0 Å². The van der Waals surface area contributed by atoms with Gasteiger partial charge in [-0.2, -0.15) is 26.3 Å². The topological polar surface area (TPSA) is 29.5 Å². The summed E-state index contributed by atoms with van der Waals surface area (Å²) in [5, 5.41) is 9.60. The lowest BCUT2D eigenvalue weighted by Crippen LogP contribution is -2.45. The summed E-state index contributed by atoms with van der Waals surface area (Å²) in [6.07, 6.45) is -15.9. The van der Waals surface area contributed by atoms with E-state index < -0.39 is 31.2 Å². The average Bonchev–Trinajstić information content (AvgIpc) is 2.35. The zero-order valence-corrected chi connectivity index (χ0v) is 11.0. The Morgan fingerprint density at radius 3 is 1.86 bits per heavy atom. The average molecular weight is 316 g/mol. The van der Waals surface area contributed by atoms with Gasteiger partial charge in [-0.1, -0.05) is 31.2 Å². The third kappa shape index (κ3) is 5.20. The van der Waals surface area contributed by atoms with E-state index in [-0.39, 0.29) is 5.56 Å². The van der Waals surface area contributed by atoms with Gasteiger partial charge in [0.25, 0.3) is 0 Å². The summed E-state index contributed by atoms with van der Waals surface area (Å²) >= 11 is 0. The van der Waals surface area contributed by atoms with Crippen LogP contribution in [0.25, 0.3) is 0 Å². The third-order valence-electron chi connectivity index (χ3n) is 2.79. The molecule has 0 aromatic heterocycles. The summed E-state index contributed by atoms with van der Waals surface area (Å²) in [5.74, 6) is 0. The molecule has 0 fully saturated rings. The number of ether oxygens (including phenoxy) is 1.